The Morgan fingerprint density at radius 3 is 2.54 bits per heavy atom. The summed E-state index contributed by atoms with van der Waals surface area (Å²) >= 11 is 0. The summed E-state index contributed by atoms with van der Waals surface area (Å²) in [6, 6.07) is 7.97. The molecule has 2 saturated heterocycles. The van der Waals surface area contributed by atoms with E-state index in [1.165, 1.54) is 0 Å². The molecule has 158 valence electrons. The summed E-state index contributed by atoms with van der Waals surface area (Å²) in [6.45, 7) is 7.01. The number of methoxy groups -OCH3 is 1. The molecule has 5 heteroatoms. The fourth-order valence-electron chi connectivity index (χ4n) is 4.31. The maximum absolute atomic E-state index is 6.55. The normalized spacial score (nSPS) is 31.9. The molecule has 1 aromatic carbocycles. The molecular formula is C23H36O5. The van der Waals surface area contributed by atoms with Crippen molar-refractivity contribution in [3.8, 4) is 5.75 Å². The monoisotopic (exact) mass is 392 g/mol. The Hall–Kier alpha value is -1.14. The predicted molar refractivity (Wildman–Crippen MR) is 108 cm³/mol. The molecule has 1 aromatic rings. The van der Waals surface area contributed by atoms with Crippen LogP contribution in [0.25, 0.3) is 0 Å². The highest BCUT2D eigenvalue weighted by Gasteiger charge is 2.57. The lowest BCUT2D eigenvalue weighted by Crippen LogP contribution is -2.39. The summed E-state index contributed by atoms with van der Waals surface area (Å²) in [5, 5.41) is 0. The highest BCUT2D eigenvalue weighted by Crippen LogP contribution is 2.44. The van der Waals surface area contributed by atoms with Crippen LogP contribution in [0, 0.1) is 0 Å². The minimum absolute atomic E-state index is 0.000471. The molecule has 5 nitrogen and oxygen atoms in total. The summed E-state index contributed by atoms with van der Waals surface area (Å²) in [6.07, 6.45) is 6.37. The second kappa shape index (κ2) is 10.1. The first-order chi connectivity index (χ1) is 13.7. The van der Waals surface area contributed by atoms with Crippen molar-refractivity contribution >= 4 is 0 Å². The van der Waals surface area contributed by atoms with E-state index >= 15 is 0 Å². The Labute approximate surface area is 169 Å². The van der Waals surface area contributed by atoms with Gasteiger partial charge in [0.15, 0.2) is 12.1 Å². The van der Waals surface area contributed by atoms with Gasteiger partial charge < -0.3 is 23.7 Å². The quantitative estimate of drug-likeness (QED) is 0.517. The molecule has 3 rings (SSSR count). The average Bonchev–Trinajstić information content (AvgIpc) is 3.20. The zero-order valence-corrected chi connectivity index (χ0v) is 17.8. The number of benzene rings is 1. The topological polar surface area (TPSA) is 46.2 Å². The molecule has 2 heterocycles. The molecule has 2 aliphatic heterocycles. The Kier molecular flexibility index (Phi) is 7.75. The molecule has 0 spiro atoms. The van der Waals surface area contributed by atoms with Crippen molar-refractivity contribution in [3.63, 3.8) is 0 Å². The van der Waals surface area contributed by atoms with Crippen molar-refractivity contribution in [1.29, 1.82) is 0 Å². The van der Waals surface area contributed by atoms with E-state index in [0.29, 0.717) is 6.61 Å². The number of ether oxygens (including phenoxy) is 5. The number of fused-ring (bicyclic) bond motifs is 1. The van der Waals surface area contributed by atoms with Gasteiger partial charge in [-0.15, -0.1) is 0 Å². The molecular weight excluding hydrogens is 356 g/mol. The number of para-hydroxylation sites is 1. The first-order valence-corrected chi connectivity index (χ1v) is 10.9. The molecule has 2 fully saturated rings. The Bertz CT molecular complexity index is 606. The van der Waals surface area contributed by atoms with Gasteiger partial charge in [-0.1, -0.05) is 58.2 Å². The summed E-state index contributed by atoms with van der Waals surface area (Å²) < 4.78 is 31.0. The van der Waals surface area contributed by atoms with Gasteiger partial charge in [-0.3, -0.25) is 0 Å². The molecule has 0 radical (unpaired) electrons. The maximum Gasteiger partial charge on any atom is 0.190 e. The van der Waals surface area contributed by atoms with E-state index in [4.69, 9.17) is 23.7 Å². The van der Waals surface area contributed by atoms with E-state index in [2.05, 4.69) is 20.8 Å². The van der Waals surface area contributed by atoms with Crippen LogP contribution in [0.2, 0.25) is 0 Å². The third-order valence-electron chi connectivity index (χ3n) is 5.69. The molecule has 0 bridgehead atoms. The summed E-state index contributed by atoms with van der Waals surface area (Å²) in [5.74, 6) is 0.320. The molecule has 0 amide bonds. The molecule has 0 aromatic heterocycles. The van der Waals surface area contributed by atoms with Crippen LogP contribution in [0.3, 0.4) is 0 Å². The second-order valence-corrected chi connectivity index (χ2v) is 7.88. The number of hydrogen-bond donors (Lipinski definition) is 0. The largest absolute Gasteiger partial charge is 0.496 e. The van der Waals surface area contributed by atoms with E-state index < -0.39 is 5.79 Å². The zero-order valence-electron chi connectivity index (χ0n) is 17.8. The lowest BCUT2D eigenvalue weighted by molar-refractivity contribution is -0.244. The van der Waals surface area contributed by atoms with Crippen molar-refractivity contribution in [1.82, 2.24) is 0 Å². The van der Waals surface area contributed by atoms with E-state index in [1.54, 1.807) is 7.11 Å². The van der Waals surface area contributed by atoms with Gasteiger partial charge in [0.25, 0.3) is 0 Å². The van der Waals surface area contributed by atoms with Crippen LogP contribution in [-0.2, 0) is 25.6 Å². The molecule has 0 saturated carbocycles. The van der Waals surface area contributed by atoms with Gasteiger partial charge in [0.1, 0.15) is 18.0 Å². The predicted octanol–water partition coefficient (Wildman–Crippen LogP) is 5.21. The van der Waals surface area contributed by atoms with Gasteiger partial charge in [0.2, 0.25) is 0 Å². The third-order valence-corrected chi connectivity index (χ3v) is 5.69. The Balaban J connectivity index is 1.72. The first-order valence-electron chi connectivity index (χ1n) is 10.9. The van der Waals surface area contributed by atoms with Crippen molar-refractivity contribution in [2.24, 2.45) is 0 Å². The molecule has 1 unspecified atom stereocenters. The number of unbranched alkanes of at least 4 members (excludes halogenated alkanes) is 1. The van der Waals surface area contributed by atoms with E-state index in [0.717, 1.165) is 56.3 Å². The van der Waals surface area contributed by atoms with Crippen LogP contribution in [0.1, 0.15) is 71.3 Å². The summed E-state index contributed by atoms with van der Waals surface area (Å²) in [5.41, 5.74) is 1.04. The van der Waals surface area contributed by atoms with E-state index in [1.807, 2.05) is 24.3 Å². The van der Waals surface area contributed by atoms with Crippen LogP contribution in [0.4, 0.5) is 0 Å². The Morgan fingerprint density at radius 2 is 1.82 bits per heavy atom. The SMILES string of the molecule is CCCCC1(CCC)O[C@H]2O[C@H](CCC)[C@H](OCc3ccccc3OC)[C@H]2O1. The van der Waals surface area contributed by atoms with Crippen molar-refractivity contribution < 1.29 is 23.7 Å². The molecule has 28 heavy (non-hydrogen) atoms. The second-order valence-electron chi connectivity index (χ2n) is 7.88. The zero-order chi connectivity index (χ0) is 20.0. The summed E-state index contributed by atoms with van der Waals surface area (Å²) in [4.78, 5) is 0. The average molecular weight is 393 g/mol. The Morgan fingerprint density at radius 1 is 1.00 bits per heavy atom. The standard InChI is InChI=1S/C23H36O5/c1-5-8-15-23(14-7-3)27-21-20(19(11-6-2)26-22(21)28-23)25-16-17-12-9-10-13-18(17)24-4/h9-10,12-13,19-22H,5-8,11,14-16H2,1-4H3/t19-,20+,21-,22-,23?/m1/s1. The molecule has 0 N–H and O–H groups in total. The van der Waals surface area contributed by atoms with Gasteiger partial charge in [0.05, 0.1) is 19.8 Å². The van der Waals surface area contributed by atoms with Gasteiger partial charge in [-0.25, -0.2) is 0 Å². The smallest absolute Gasteiger partial charge is 0.190 e. The maximum atomic E-state index is 6.55. The van der Waals surface area contributed by atoms with Crippen LogP contribution < -0.4 is 4.74 Å². The van der Waals surface area contributed by atoms with Crippen LogP contribution in [-0.4, -0.2) is 37.5 Å². The fourth-order valence-corrected chi connectivity index (χ4v) is 4.31. The van der Waals surface area contributed by atoms with Crippen molar-refractivity contribution in [2.75, 3.05) is 7.11 Å². The molecule has 2 aliphatic rings. The van der Waals surface area contributed by atoms with Crippen molar-refractivity contribution in [2.45, 2.75) is 103 Å². The lowest BCUT2D eigenvalue weighted by Gasteiger charge is -2.31. The van der Waals surface area contributed by atoms with Crippen LogP contribution in [0.5, 0.6) is 5.75 Å². The van der Waals surface area contributed by atoms with Gasteiger partial charge in [-0.2, -0.15) is 0 Å². The van der Waals surface area contributed by atoms with Crippen molar-refractivity contribution in [3.05, 3.63) is 29.8 Å². The lowest BCUT2D eigenvalue weighted by atomic mass is 10.0. The van der Waals surface area contributed by atoms with Gasteiger partial charge in [0, 0.05) is 18.4 Å². The van der Waals surface area contributed by atoms with Crippen LogP contribution in [0.15, 0.2) is 24.3 Å². The van der Waals surface area contributed by atoms with E-state index in [-0.39, 0.29) is 24.6 Å². The van der Waals surface area contributed by atoms with Crippen LogP contribution >= 0.6 is 0 Å². The fraction of sp³-hybridized carbons (Fsp3) is 0.739. The van der Waals surface area contributed by atoms with Gasteiger partial charge in [-0.05, 0) is 18.9 Å². The number of rotatable bonds is 11. The number of hydrogen-bond acceptors (Lipinski definition) is 5. The van der Waals surface area contributed by atoms with Gasteiger partial charge >= 0.3 is 0 Å². The van der Waals surface area contributed by atoms with E-state index in [9.17, 15) is 0 Å². The summed E-state index contributed by atoms with van der Waals surface area (Å²) in [7, 11) is 1.69. The minimum atomic E-state index is -0.524. The highest BCUT2D eigenvalue weighted by molar-refractivity contribution is 5.32. The third kappa shape index (κ3) is 4.70. The minimum Gasteiger partial charge on any atom is -0.496 e. The highest BCUT2D eigenvalue weighted by atomic mass is 16.8. The first kappa shape index (κ1) is 21.6. The molecule has 0 aliphatic carbocycles. The molecule has 5 atom stereocenters.